The second-order valence-electron chi connectivity index (χ2n) is 5.84. The number of thiophene rings is 1. The molecule has 0 aliphatic carbocycles. The van der Waals surface area contributed by atoms with Gasteiger partial charge in [0, 0.05) is 38.6 Å². The summed E-state index contributed by atoms with van der Waals surface area (Å²) in [6.07, 6.45) is 3.36. The first-order chi connectivity index (χ1) is 12.7. The fourth-order valence-corrected chi connectivity index (χ4v) is 3.78. The molecule has 1 amide bonds. The fraction of sp³-hybridized carbons (Fsp3) is 0.222. The standard InChI is InChI=1S/C18H16ClN5OS/c19-16-13(3-1-6-20-16)17(25)23-8-10-24(11-9-23)18-21-7-5-14(22-18)15-4-2-12-26-15/h1-7,12H,8-11H2. The summed E-state index contributed by atoms with van der Waals surface area (Å²) in [7, 11) is 0. The highest BCUT2D eigenvalue weighted by Gasteiger charge is 2.25. The Morgan fingerprint density at radius 1 is 1.04 bits per heavy atom. The molecule has 1 aliphatic rings. The Kier molecular flexibility index (Phi) is 4.81. The van der Waals surface area contributed by atoms with Gasteiger partial charge in [-0.3, -0.25) is 4.79 Å². The van der Waals surface area contributed by atoms with Crippen LogP contribution in [0.1, 0.15) is 10.4 Å². The molecule has 0 spiro atoms. The summed E-state index contributed by atoms with van der Waals surface area (Å²) in [6.45, 7) is 2.54. The van der Waals surface area contributed by atoms with E-state index in [9.17, 15) is 4.79 Å². The number of carbonyl (C=O) groups is 1. The monoisotopic (exact) mass is 385 g/mol. The molecule has 1 aliphatic heterocycles. The number of amides is 1. The number of halogens is 1. The van der Waals surface area contributed by atoms with E-state index in [1.165, 1.54) is 0 Å². The molecule has 0 N–H and O–H groups in total. The van der Waals surface area contributed by atoms with Gasteiger partial charge in [0.1, 0.15) is 5.15 Å². The van der Waals surface area contributed by atoms with Crippen molar-refractivity contribution in [3.63, 3.8) is 0 Å². The van der Waals surface area contributed by atoms with Crippen molar-refractivity contribution in [2.24, 2.45) is 0 Å². The Balaban J connectivity index is 1.45. The molecule has 26 heavy (non-hydrogen) atoms. The van der Waals surface area contributed by atoms with Gasteiger partial charge in [-0.25, -0.2) is 15.0 Å². The summed E-state index contributed by atoms with van der Waals surface area (Å²) < 4.78 is 0. The minimum atomic E-state index is -0.0870. The third-order valence-corrected chi connectivity index (χ3v) is 5.45. The highest BCUT2D eigenvalue weighted by molar-refractivity contribution is 7.13. The van der Waals surface area contributed by atoms with Crippen LogP contribution >= 0.6 is 22.9 Å². The van der Waals surface area contributed by atoms with Crippen molar-refractivity contribution < 1.29 is 4.79 Å². The molecule has 1 fully saturated rings. The number of carbonyl (C=O) groups excluding carboxylic acids is 1. The van der Waals surface area contributed by atoms with Gasteiger partial charge in [-0.15, -0.1) is 11.3 Å². The Labute approximate surface area is 160 Å². The van der Waals surface area contributed by atoms with Crippen LogP contribution in [0.2, 0.25) is 5.15 Å². The topological polar surface area (TPSA) is 62.2 Å². The number of nitrogens with zero attached hydrogens (tertiary/aromatic N) is 5. The molecule has 4 heterocycles. The highest BCUT2D eigenvalue weighted by atomic mass is 35.5. The molecule has 0 saturated carbocycles. The summed E-state index contributed by atoms with van der Waals surface area (Å²) in [6, 6.07) is 9.40. The maximum absolute atomic E-state index is 12.6. The lowest BCUT2D eigenvalue weighted by Crippen LogP contribution is -2.49. The van der Waals surface area contributed by atoms with Crippen LogP contribution in [0, 0.1) is 0 Å². The molecule has 0 radical (unpaired) electrons. The predicted octanol–water partition coefficient (Wildman–Crippen LogP) is 3.22. The number of rotatable bonds is 3. The Morgan fingerprint density at radius 2 is 1.88 bits per heavy atom. The van der Waals surface area contributed by atoms with E-state index in [0.717, 1.165) is 10.6 Å². The maximum atomic E-state index is 12.6. The SMILES string of the molecule is O=C(c1cccnc1Cl)N1CCN(c2nccc(-c3cccs3)n2)CC1. The van der Waals surface area contributed by atoms with Gasteiger partial charge in [0.2, 0.25) is 5.95 Å². The van der Waals surface area contributed by atoms with Crippen molar-refractivity contribution in [2.75, 3.05) is 31.1 Å². The lowest BCUT2D eigenvalue weighted by atomic mass is 10.2. The van der Waals surface area contributed by atoms with Crippen molar-refractivity contribution in [1.29, 1.82) is 0 Å². The van der Waals surface area contributed by atoms with Crippen LogP contribution in [-0.4, -0.2) is 51.9 Å². The van der Waals surface area contributed by atoms with Gasteiger partial charge >= 0.3 is 0 Å². The second-order valence-corrected chi connectivity index (χ2v) is 7.15. The Morgan fingerprint density at radius 3 is 2.62 bits per heavy atom. The molecular formula is C18H16ClN5OS. The average Bonchev–Trinajstić information content (AvgIpc) is 3.23. The third kappa shape index (κ3) is 3.40. The number of piperazine rings is 1. The van der Waals surface area contributed by atoms with Crippen LogP contribution in [0.3, 0.4) is 0 Å². The van der Waals surface area contributed by atoms with Gasteiger partial charge < -0.3 is 9.80 Å². The van der Waals surface area contributed by atoms with E-state index in [0.29, 0.717) is 37.7 Å². The highest BCUT2D eigenvalue weighted by Crippen LogP contribution is 2.24. The van der Waals surface area contributed by atoms with E-state index in [-0.39, 0.29) is 11.1 Å². The zero-order chi connectivity index (χ0) is 17.9. The smallest absolute Gasteiger partial charge is 0.257 e. The van der Waals surface area contributed by atoms with Gasteiger partial charge in [-0.1, -0.05) is 17.7 Å². The summed E-state index contributed by atoms with van der Waals surface area (Å²) in [5.41, 5.74) is 1.37. The zero-order valence-corrected chi connectivity index (χ0v) is 15.5. The normalized spacial score (nSPS) is 14.5. The minimum absolute atomic E-state index is 0.0870. The lowest BCUT2D eigenvalue weighted by Gasteiger charge is -2.34. The first-order valence-corrected chi connectivity index (χ1v) is 9.50. The largest absolute Gasteiger partial charge is 0.337 e. The van der Waals surface area contributed by atoms with Crippen LogP contribution in [0.15, 0.2) is 48.1 Å². The Bertz CT molecular complexity index is 909. The van der Waals surface area contributed by atoms with Crippen molar-refractivity contribution >= 4 is 34.8 Å². The predicted molar refractivity (Wildman–Crippen MR) is 103 cm³/mol. The summed E-state index contributed by atoms with van der Waals surface area (Å²) in [5, 5.41) is 2.28. The zero-order valence-electron chi connectivity index (χ0n) is 13.9. The summed E-state index contributed by atoms with van der Waals surface area (Å²) >= 11 is 7.70. The van der Waals surface area contributed by atoms with E-state index in [1.807, 2.05) is 23.6 Å². The molecule has 4 rings (SSSR count). The second kappa shape index (κ2) is 7.39. The lowest BCUT2D eigenvalue weighted by molar-refractivity contribution is 0.0746. The average molecular weight is 386 g/mol. The number of anilines is 1. The first-order valence-electron chi connectivity index (χ1n) is 8.24. The molecule has 0 atom stereocenters. The summed E-state index contributed by atoms with van der Waals surface area (Å²) in [4.78, 5) is 30.7. The van der Waals surface area contributed by atoms with Crippen molar-refractivity contribution in [3.05, 3.63) is 58.8 Å². The molecule has 8 heteroatoms. The number of hydrogen-bond donors (Lipinski definition) is 0. The van der Waals surface area contributed by atoms with Crippen molar-refractivity contribution in [1.82, 2.24) is 19.9 Å². The van der Waals surface area contributed by atoms with Gasteiger partial charge in [0.05, 0.1) is 16.1 Å². The van der Waals surface area contributed by atoms with Crippen LogP contribution in [0.5, 0.6) is 0 Å². The van der Waals surface area contributed by atoms with E-state index in [2.05, 4.69) is 19.9 Å². The molecule has 0 aromatic carbocycles. The molecule has 3 aromatic heterocycles. The van der Waals surface area contributed by atoms with Gasteiger partial charge in [0.25, 0.3) is 5.91 Å². The van der Waals surface area contributed by atoms with Gasteiger partial charge in [-0.2, -0.15) is 0 Å². The molecule has 0 bridgehead atoms. The van der Waals surface area contributed by atoms with E-state index in [4.69, 9.17) is 11.6 Å². The molecule has 6 nitrogen and oxygen atoms in total. The molecule has 0 unspecified atom stereocenters. The van der Waals surface area contributed by atoms with Crippen LogP contribution in [0.4, 0.5) is 5.95 Å². The fourth-order valence-electron chi connectivity index (χ4n) is 2.89. The van der Waals surface area contributed by atoms with Crippen LogP contribution in [0.25, 0.3) is 10.6 Å². The molecule has 132 valence electrons. The first kappa shape index (κ1) is 16.9. The molecule has 1 saturated heterocycles. The maximum Gasteiger partial charge on any atom is 0.257 e. The number of aromatic nitrogens is 3. The van der Waals surface area contributed by atoms with Crippen LogP contribution in [-0.2, 0) is 0 Å². The Hall–Kier alpha value is -2.51. The molecular weight excluding hydrogens is 370 g/mol. The van der Waals surface area contributed by atoms with E-state index < -0.39 is 0 Å². The minimum Gasteiger partial charge on any atom is -0.337 e. The van der Waals surface area contributed by atoms with Crippen molar-refractivity contribution in [3.8, 4) is 10.6 Å². The van der Waals surface area contributed by atoms with Crippen LogP contribution < -0.4 is 4.90 Å². The quantitative estimate of drug-likeness (QED) is 0.648. The summed E-state index contributed by atoms with van der Waals surface area (Å²) in [5.74, 6) is 0.610. The molecule has 3 aromatic rings. The van der Waals surface area contributed by atoms with Crippen molar-refractivity contribution in [2.45, 2.75) is 0 Å². The number of hydrogen-bond acceptors (Lipinski definition) is 6. The van der Waals surface area contributed by atoms with E-state index >= 15 is 0 Å². The van der Waals surface area contributed by atoms with Gasteiger partial charge in [-0.05, 0) is 29.6 Å². The van der Waals surface area contributed by atoms with E-state index in [1.54, 1.807) is 40.8 Å². The third-order valence-electron chi connectivity index (χ3n) is 4.26. The number of pyridine rings is 1. The van der Waals surface area contributed by atoms with Gasteiger partial charge in [0.15, 0.2) is 0 Å².